The van der Waals surface area contributed by atoms with Gasteiger partial charge in [-0.3, -0.25) is 20.1 Å². The largest absolute Gasteiger partial charge is 0.329 e. The lowest BCUT2D eigenvalue weighted by molar-refractivity contribution is -0.120. The van der Waals surface area contributed by atoms with Gasteiger partial charge >= 0.3 is 6.03 Å². The van der Waals surface area contributed by atoms with E-state index in [0.717, 1.165) is 0 Å². The molecule has 7 nitrogen and oxygen atoms in total. The van der Waals surface area contributed by atoms with Crippen LogP contribution in [-0.4, -0.2) is 28.7 Å². The second kappa shape index (κ2) is 4.57. The fourth-order valence-corrected chi connectivity index (χ4v) is 2.20. The highest BCUT2D eigenvalue weighted by Gasteiger charge is 2.27. The molecular weight excluding hydrogens is 265 g/mol. The van der Waals surface area contributed by atoms with E-state index in [4.69, 9.17) is 5.73 Å². The number of rotatable bonds is 2. The Balaban J connectivity index is 2.06. The lowest BCUT2D eigenvalue weighted by atomic mass is 10.1. The number of urea groups is 1. The first-order valence-electron chi connectivity index (χ1n) is 6.08. The van der Waals surface area contributed by atoms with Crippen molar-refractivity contribution in [2.45, 2.75) is 13.0 Å². The van der Waals surface area contributed by atoms with Crippen molar-refractivity contribution in [3.05, 3.63) is 23.5 Å². The number of carbonyl (C=O) groups excluding carboxylic acids is 2. The number of amides is 3. The molecule has 3 rings (SSSR count). The zero-order valence-corrected chi connectivity index (χ0v) is 10.4. The third kappa shape index (κ3) is 1.90. The second-order valence-electron chi connectivity index (χ2n) is 4.50. The molecule has 0 spiro atoms. The fourth-order valence-electron chi connectivity index (χ4n) is 2.20. The second-order valence-corrected chi connectivity index (χ2v) is 4.50. The summed E-state index contributed by atoms with van der Waals surface area (Å²) in [6.45, 7) is 0.291. The first-order chi connectivity index (χ1) is 9.60. The molecule has 0 unspecified atom stereocenters. The number of imide groups is 1. The molecule has 104 valence electrons. The Kier molecular flexibility index (Phi) is 2.87. The van der Waals surface area contributed by atoms with Crippen molar-refractivity contribution in [1.82, 2.24) is 15.5 Å². The number of nitrogens with zero attached hydrogens (tertiary/aromatic N) is 2. The molecule has 0 aliphatic carbocycles. The van der Waals surface area contributed by atoms with E-state index in [1.54, 1.807) is 6.07 Å². The average Bonchev–Trinajstić information content (AvgIpc) is 2.80. The molecular formula is C12H12FN5O2. The summed E-state index contributed by atoms with van der Waals surface area (Å²) in [7, 11) is 0. The predicted octanol–water partition coefficient (Wildman–Crippen LogP) is 0.607. The number of aromatic amines is 1. The molecule has 0 bridgehead atoms. The van der Waals surface area contributed by atoms with E-state index in [2.05, 4.69) is 15.5 Å². The van der Waals surface area contributed by atoms with Crippen LogP contribution in [0.2, 0.25) is 0 Å². The molecule has 4 N–H and O–H groups in total. The predicted molar refractivity (Wildman–Crippen MR) is 69.4 cm³/mol. The van der Waals surface area contributed by atoms with E-state index in [1.807, 2.05) is 0 Å². The molecule has 0 radical (unpaired) electrons. The van der Waals surface area contributed by atoms with Crippen molar-refractivity contribution >= 4 is 28.7 Å². The van der Waals surface area contributed by atoms with Gasteiger partial charge in [0, 0.05) is 30.5 Å². The zero-order chi connectivity index (χ0) is 14.3. The molecule has 1 aromatic carbocycles. The van der Waals surface area contributed by atoms with E-state index in [1.165, 1.54) is 11.0 Å². The highest BCUT2D eigenvalue weighted by atomic mass is 19.1. The highest BCUT2D eigenvalue weighted by Crippen LogP contribution is 2.27. The molecule has 1 aliphatic heterocycles. The molecule has 8 heteroatoms. The quantitative estimate of drug-likeness (QED) is 0.748. The number of carbonyl (C=O) groups is 2. The Morgan fingerprint density at radius 2 is 2.20 bits per heavy atom. The van der Waals surface area contributed by atoms with Gasteiger partial charge in [-0.05, 0) is 12.1 Å². The minimum atomic E-state index is -0.557. The fraction of sp³-hybridized carbons (Fsp3) is 0.250. The molecule has 1 aliphatic rings. The molecule has 2 aromatic rings. The summed E-state index contributed by atoms with van der Waals surface area (Å²) in [6.07, 6.45) is 0.184. The van der Waals surface area contributed by atoms with Crippen LogP contribution in [0.4, 0.5) is 15.0 Å². The summed E-state index contributed by atoms with van der Waals surface area (Å²) in [6, 6.07) is 2.30. The van der Waals surface area contributed by atoms with Gasteiger partial charge in [0.1, 0.15) is 5.82 Å². The van der Waals surface area contributed by atoms with Gasteiger partial charge in [-0.15, -0.1) is 0 Å². The maximum atomic E-state index is 13.8. The Morgan fingerprint density at radius 3 is 2.90 bits per heavy atom. The zero-order valence-electron chi connectivity index (χ0n) is 10.4. The Morgan fingerprint density at radius 1 is 1.40 bits per heavy atom. The van der Waals surface area contributed by atoms with Crippen LogP contribution in [0.1, 0.15) is 12.0 Å². The van der Waals surface area contributed by atoms with Crippen molar-refractivity contribution in [3.63, 3.8) is 0 Å². The van der Waals surface area contributed by atoms with Crippen LogP contribution in [0.5, 0.6) is 0 Å². The van der Waals surface area contributed by atoms with Crippen molar-refractivity contribution in [2.24, 2.45) is 5.73 Å². The summed E-state index contributed by atoms with van der Waals surface area (Å²) in [4.78, 5) is 24.2. The molecule has 0 atom stereocenters. The van der Waals surface area contributed by atoms with Gasteiger partial charge in [-0.1, -0.05) is 0 Å². The monoisotopic (exact) mass is 277 g/mol. The van der Waals surface area contributed by atoms with Crippen molar-refractivity contribution in [3.8, 4) is 0 Å². The number of hydrogen-bond donors (Lipinski definition) is 3. The summed E-state index contributed by atoms with van der Waals surface area (Å²) in [5.74, 6) is -0.480. The number of aromatic nitrogens is 2. The standard InChI is InChI=1S/C12H12FN5O2/c13-8-4-7-9(3-6(8)5-14)16-17-11(7)18-2-1-10(19)15-12(18)20/h3-4H,1-2,5,14H2,(H,16,17)(H,15,19,20). The molecule has 3 amide bonds. The average molecular weight is 277 g/mol. The summed E-state index contributed by atoms with van der Waals surface area (Å²) >= 11 is 0. The number of anilines is 1. The molecule has 1 aromatic heterocycles. The van der Waals surface area contributed by atoms with Crippen LogP contribution < -0.4 is 16.0 Å². The van der Waals surface area contributed by atoms with Gasteiger partial charge in [0.25, 0.3) is 0 Å². The number of hydrogen-bond acceptors (Lipinski definition) is 4. The van der Waals surface area contributed by atoms with Gasteiger partial charge < -0.3 is 5.73 Å². The van der Waals surface area contributed by atoms with Crippen LogP contribution in [0.25, 0.3) is 10.9 Å². The van der Waals surface area contributed by atoms with E-state index in [9.17, 15) is 14.0 Å². The van der Waals surface area contributed by atoms with E-state index >= 15 is 0 Å². The summed E-state index contributed by atoms with van der Waals surface area (Å²) in [5, 5.41) is 9.45. The number of fused-ring (bicyclic) bond motifs is 1. The summed E-state index contributed by atoms with van der Waals surface area (Å²) in [5.41, 5.74) is 6.40. The number of halogens is 1. The van der Waals surface area contributed by atoms with Gasteiger partial charge in [0.2, 0.25) is 5.91 Å². The first kappa shape index (κ1) is 12.5. The van der Waals surface area contributed by atoms with Gasteiger partial charge in [0.15, 0.2) is 5.82 Å². The van der Waals surface area contributed by atoms with Crippen molar-refractivity contribution in [1.29, 1.82) is 0 Å². The molecule has 0 saturated carbocycles. The maximum absolute atomic E-state index is 13.8. The number of nitrogens with two attached hydrogens (primary N) is 1. The van der Waals surface area contributed by atoms with Crippen LogP contribution in [0.3, 0.4) is 0 Å². The van der Waals surface area contributed by atoms with E-state index < -0.39 is 11.8 Å². The maximum Gasteiger partial charge on any atom is 0.329 e. The minimum absolute atomic E-state index is 0.0782. The molecule has 20 heavy (non-hydrogen) atoms. The lowest BCUT2D eigenvalue weighted by Gasteiger charge is -2.24. The van der Waals surface area contributed by atoms with Gasteiger partial charge in [-0.2, -0.15) is 5.10 Å². The minimum Gasteiger partial charge on any atom is -0.326 e. The first-order valence-corrected chi connectivity index (χ1v) is 6.08. The summed E-state index contributed by atoms with van der Waals surface area (Å²) < 4.78 is 13.8. The highest BCUT2D eigenvalue weighted by molar-refractivity contribution is 6.08. The van der Waals surface area contributed by atoms with Gasteiger partial charge in [-0.25, -0.2) is 9.18 Å². The normalized spacial score (nSPS) is 15.8. The third-order valence-corrected chi connectivity index (χ3v) is 3.24. The van der Waals surface area contributed by atoms with Crippen LogP contribution in [0, 0.1) is 5.82 Å². The molecule has 1 fully saturated rings. The van der Waals surface area contributed by atoms with Crippen molar-refractivity contribution < 1.29 is 14.0 Å². The van der Waals surface area contributed by atoms with Gasteiger partial charge in [0.05, 0.1) is 5.52 Å². The Hall–Kier alpha value is -2.48. The topological polar surface area (TPSA) is 104 Å². The molecule has 1 saturated heterocycles. The van der Waals surface area contributed by atoms with E-state index in [0.29, 0.717) is 22.3 Å². The number of nitrogens with one attached hydrogen (secondary N) is 2. The lowest BCUT2D eigenvalue weighted by Crippen LogP contribution is -2.49. The van der Waals surface area contributed by atoms with Crippen molar-refractivity contribution in [2.75, 3.05) is 11.4 Å². The smallest absolute Gasteiger partial charge is 0.326 e. The Labute approximate surface area is 112 Å². The SMILES string of the molecule is NCc1cc2[nH]nc(N3CCC(=O)NC3=O)c2cc1F. The Bertz CT molecular complexity index is 711. The van der Waals surface area contributed by atoms with Crippen LogP contribution >= 0.6 is 0 Å². The third-order valence-electron chi connectivity index (χ3n) is 3.24. The molecule has 2 heterocycles. The van der Waals surface area contributed by atoms with Crippen LogP contribution in [-0.2, 0) is 11.3 Å². The number of benzene rings is 1. The van der Waals surface area contributed by atoms with Crippen LogP contribution in [0.15, 0.2) is 12.1 Å². The number of H-pyrrole nitrogens is 1. The van der Waals surface area contributed by atoms with E-state index in [-0.39, 0.29) is 25.4 Å².